The number of hydrogen-bond acceptors (Lipinski definition) is 1. The molecule has 2 saturated carbocycles. The summed E-state index contributed by atoms with van der Waals surface area (Å²) in [6.07, 6.45) is 7.54. The number of nitrogens with zero attached hydrogens (tertiary/aromatic N) is 1. The zero-order valence-electron chi connectivity index (χ0n) is 9.23. The second kappa shape index (κ2) is 4.17. The molecule has 2 bridgehead atoms. The molecule has 2 aliphatic carbocycles. The van der Waals surface area contributed by atoms with Crippen LogP contribution < -0.4 is 5.56 Å². The molecule has 0 aliphatic heterocycles. The minimum absolute atomic E-state index is 0.186. The van der Waals surface area contributed by atoms with Crippen molar-refractivity contribution in [1.82, 2.24) is 4.57 Å². The monoisotopic (exact) mass is 329 g/mol. The second-order valence-corrected chi connectivity index (χ2v) is 6.41. The van der Waals surface area contributed by atoms with Gasteiger partial charge in [0.15, 0.2) is 0 Å². The minimum atomic E-state index is 0.186. The van der Waals surface area contributed by atoms with Gasteiger partial charge in [0, 0.05) is 12.7 Å². The highest BCUT2D eigenvalue weighted by Crippen LogP contribution is 2.48. The van der Waals surface area contributed by atoms with Crippen molar-refractivity contribution in [3.8, 4) is 0 Å². The Bertz CT molecular complexity index is 453. The fraction of sp³-hybridized carbons (Fsp3) is 0.615. The number of rotatable bonds is 2. The molecule has 0 N–H and O–H groups in total. The Labute approximate surface area is 109 Å². The second-order valence-electron chi connectivity index (χ2n) is 5.25. The molecule has 3 unspecified atom stereocenters. The van der Waals surface area contributed by atoms with Gasteiger partial charge in [0.25, 0.3) is 5.56 Å². The van der Waals surface area contributed by atoms with Gasteiger partial charge in [-0.05, 0) is 71.7 Å². The summed E-state index contributed by atoms with van der Waals surface area (Å²) in [6.45, 7) is 0.941. The fourth-order valence-corrected chi connectivity index (χ4v) is 4.02. The first-order chi connectivity index (χ1) is 7.74. The van der Waals surface area contributed by atoms with E-state index >= 15 is 0 Å². The number of pyridine rings is 1. The van der Waals surface area contributed by atoms with Gasteiger partial charge in [-0.15, -0.1) is 0 Å². The number of hydrogen-bond donors (Lipinski definition) is 0. The zero-order valence-corrected chi connectivity index (χ0v) is 11.4. The third-order valence-electron chi connectivity index (χ3n) is 4.29. The molecule has 3 heteroatoms. The highest BCUT2D eigenvalue weighted by Gasteiger charge is 2.39. The molecule has 0 amide bonds. The Hall–Kier alpha value is -0.320. The molecule has 1 heterocycles. The van der Waals surface area contributed by atoms with Crippen molar-refractivity contribution in [2.45, 2.75) is 32.2 Å². The van der Waals surface area contributed by atoms with E-state index in [0.717, 1.165) is 27.9 Å². The molecular formula is C13H16INO. The van der Waals surface area contributed by atoms with Gasteiger partial charge in [0.2, 0.25) is 0 Å². The van der Waals surface area contributed by atoms with Crippen molar-refractivity contribution in [2.75, 3.05) is 0 Å². The van der Waals surface area contributed by atoms with Crippen LogP contribution in [0.5, 0.6) is 0 Å². The van der Waals surface area contributed by atoms with E-state index in [-0.39, 0.29) is 5.56 Å². The summed E-state index contributed by atoms with van der Waals surface area (Å²) in [5.41, 5.74) is 0.186. The minimum Gasteiger partial charge on any atom is -0.314 e. The first kappa shape index (κ1) is 10.8. The van der Waals surface area contributed by atoms with E-state index in [1.54, 1.807) is 0 Å². The molecule has 86 valence electrons. The first-order valence-electron chi connectivity index (χ1n) is 6.09. The van der Waals surface area contributed by atoms with Crippen LogP contribution in [0.25, 0.3) is 0 Å². The summed E-state index contributed by atoms with van der Waals surface area (Å²) < 4.78 is 2.75. The molecule has 1 aromatic rings. The van der Waals surface area contributed by atoms with E-state index in [1.807, 2.05) is 22.9 Å². The molecule has 0 spiro atoms. The summed E-state index contributed by atoms with van der Waals surface area (Å²) >= 11 is 2.13. The summed E-state index contributed by atoms with van der Waals surface area (Å²) in [5.74, 6) is 2.62. The van der Waals surface area contributed by atoms with E-state index in [9.17, 15) is 4.79 Å². The Morgan fingerprint density at radius 3 is 2.94 bits per heavy atom. The van der Waals surface area contributed by atoms with Gasteiger partial charge in [0.1, 0.15) is 0 Å². The summed E-state index contributed by atoms with van der Waals surface area (Å²) in [5, 5.41) is 0. The van der Waals surface area contributed by atoms with Gasteiger partial charge in [-0.25, -0.2) is 0 Å². The number of halogens is 1. The molecule has 16 heavy (non-hydrogen) atoms. The smallest absolute Gasteiger partial charge is 0.263 e. The summed E-state index contributed by atoms with van der Waals surface area (Å²) in [7, 11) is 0. The lowest BCUT2D eigenvalue weighted by Crippen LogP contribution is -2.27. The zero-order chi connectivity index (χ0) is 11.1. The fourth-order valence-electron chi connectivity index (χ4n) is 3.50. The van der Waals surface area contributed by atoms with Crippen LogP contribution >= 0.6 is 22.6 Å². The standard InChI is InChI=1S/C13H16INO/c14-12-2-1-5-15(13(12)16)8-11-7-9-3-4-10(11)6-9/h1-2,5,9-11H,3-4,6-8H2. The van der Waals surface area contributed by atoms with E-state index in [2.05, 4.69) is 22.6 Å². The third-order valence-corrected chi connectivity index (χ3v) is 5.11. The van der Waals surface area contributed by atoms with E-state index in [0.29, 0.717) is 0 Å². The SMILES string of the molecule is O=c1c(I)cccn1CC1CC2CCC1C2. The van der Waals surface area contributed by atoms with Crippen LogP contribution in [0.1, 0.15) is 25.7 Å². The topological polar surface area (TPSA) is 22.0 Å². The molecule has 0 saturated heterocycles. The van der Waals surface area contributed by atoms with Crippen LogP contribution in [0.15, 0.2) is 23.1 Å². The maximum absolute atomic E-state index is 11.9. The Balaban J connectivity index is 1.80. The maximum atomic E-state index is 11.9. The van der Waals surface area contributed by atoms with Crippen LogP contribution in [0.4, 0.5) is 0 Å². The molecule has 3 rings (SSSR count). The largest absolute Gasteiger partial charge is 0.314 e. The Kier molecular flexibility index (Phi) is 2.81. The van der Waals surface area contributed by atoms with Crippen LogP contribution in [0.2, 0.25) is 0 Å². The van der Waals surface area contributed by atoms with E-state index in [1.165, 1.54) is 25.7 Å². The maximum Gasteiger partial charge on any atom is 0.263 e. The van der Waals surface area contributed by atoms with Crippen molar-refractivity contribution in [3.63, 3.8) is 0 Å². The highest BCUT2D eigenvalue weighted by molar-refractivity contribution is 14.1. The van der Waals surface area contributed by atoms with E-state index < -0.39 is 0 Å². The van der Waals surface area contributed by atoms with Gasteiger partial charge in [-0.2, -0.15) is 0 Å². The number of fused-ring (bicyclic) bond motifs is 2. The van der Waals surface area contributed by atoms with Gasteiger partial charge < -0.3 is 4.57 Å². The van der Waals surface area contributed by atoms with Gasteiger partial charge >= 0.3 is 0 Å². The van der Waals surface area contributed by atoms with E-state index in [4.69, 9.17) is 0 Å². The molecule has 0 radical (unpaired) electrons. The van der Waals surface area contributed by atoms with Crippen molar-refractivity contribution in [2.24, 2.45) is 17.8 Å². The number of aromatic nitrogens is 1. The lowest BCUT2D eigenvalue weighted by Gasteiger charge is -2.22. The predicted molar refractivity (Wildman–Crippen MR) is 72.4 cm³/mol. The van der Waals surface area contributed by atoms with Crippen LogP contribution in [0.3, 0.4) is 0 Å². The molecule has 0 aromatic carbocycles. The molecule has 3 atom stereocenters. The highest BCUT2D eigenvalue weighted by atomic mass is 127. The molecule has 2 fully saturated rings. The molecule has 2 nitrogen and oxygen atoms in total. The quantitative estimate of drug-likeness (QED) is 0.765. The Morgan fingerprint density at radius 2 is 2.25 bits per heavy atom. The van der Waals surface area contributed by atoms with Crippen LogP contribution in [0, 0.1) is 21.3 Å². The van der Waals surface area contributed by atoms with Crippen molar-refractivity contribution in [3.05, 3.63) is 32.3 Å². The van der Waals surface area contributed by atoms with Crippen molar-refractivity contribution < 1.29 is 0 Å². The summed E-state index contributed by atoms with van der Waals surface area (Å²) in [4.78, 5) is 11.9. The van der Waals surface area contributed by atoms with Crippen molar-refractivity contribution in [1.29, 1.82) is 0 Å². The predicted octanol–water partition coefficient (Wildman–Crippen LogP) is 2.89. The molecule has 2 aliphatic rings. The average molecular weight is 329 g/mol. The lowest BCUT2D eigenvalue weighted by molar-refractivity contribution is 0.292. The van der Waals surface area contributed by atoms with Crippen LogP contribution in [-0.2, 0) is 6.54 Å². The molecular weight excluding hydrogens is 313 g/mol. The van der Waals surface area contributed by atoms with Gasteiger partial charge in [-0.1, -0.05) is 6.42 Å². The van der Waals surface area contributed by atoms with Gasteiger partial charge in [0.05, 0.1) is 3.57 Å². The third kappa shape index (κ3) is 1.83. The normalized spacial score (nSPS) is 32.2. The first-order valence-corrected chi connectivity index (χ1v) is 7.17. The van der Waals surface area contributed by atoms with Crippen LogP contribution in [-0.4, -0.2) is 4.57 Å². The Morgan fingerprint density at radius 1 is 1.38 bits per heavy atom. The average Bonchev–Trinajstić information content (AvgIpc) is 2.86. The summed E-state index contributed by atoms with van der Waals surface area (Å²) in [6, 6.07) is 3.87. The van der Waals surface area contributed by atoms with Gasteiger partial charge in [-0.3, -0.25) is 4.79 Å². The van der Waals surface area contributed by atoms with Crippen molar-refractivity contribution >= 4 is 22.6 Å². The lowest BCUT2D eigenvalue weighted by atomic mass is 9.89. The molecule has 1 aromatic heterocycles.